The fourth-order valence-electron chi connectivity index (χ4n) is 2.89. The molecule has 0 aliphatic heterocycles. The topological polar surface area (TPSA) is 96.9 Å². The number of carboxylic acids is 1. The molecule has 0 saturated carbocycles. The van der Waals surface area contributed by atoms with Crippen LogP contribution in [0, 0.1) is 0 Å². The number of carboxylic acid groups (broad SMARTS) is 1. The summed E-state index contributed by atoms with van der Waals surface area (Å²) in [5, 5.41) is 15.6. The molecule has 3 aromatic rings. The molecule has 0 unspecified atom stereocenters. The van der Waals surface area contributed by atoms with Crippen LogP contribution in [0.25, 0.3) is 0 Å². The van der Waals surface area contributed by atoms with Crippen molar-refractivity contribution in [3.8, 4) is 11.5 Å². The highest BCUT2D eigenvalue weighted by Gasteiger charge is 2.10. The monoisotopic (exact) mass is 454 g/mol. The summed E-state index contributed by atoms with van der Waals surface area (Å²) in [5.41, 5.74) is 2.45. The van der Waals surface area contributed by atoms with Gasteiger partial charge in [-0.05, 0) is 67.1 Å². The van der Waals surface area contributed by atoms with Gasteiger partial charge >= 0.3 is 5.97 Å². The first-order valence-corrected chi connectivity index (χ1v) is 10.3. The molecule has 3 N–H and O–H groups in total. The summed E-state index contributed by atoms with van der Waals surface area (Å²) in [6, 6.07) is 18.8. The van der Waals surface area contributed by atoms with Crippen LogP contribution in [0.4, 0.5) is 11.4 Å². The molecule has 3 rings (SSSR count). The predicted octanol–water partition coefficient (Wildman–Crippen LogP) is 5.07. The number of anilines is 2. The Hall–Kier alpha value is -3.71. The number of halogens is 1. The molecule has 7 nitrogen and oxygen atoms in total. The molecule has 0 saturated heterocycles. The summed E-state index contributed by atoms with van der Waals surface area (Å²) in [6.07, 6.45) is 0. The lowest BCUT2D eigenvalue weighted by Crippen LogP contribution is -2.20. The summed E-state index contributed by atoms with van der Waals surface area (Å²) in [7, 11) is 0. The second-order valence-corrected chi connectivity index (χ2v) is 7.23. The Morgan fingerprint density at radius 1 is 0.938 bits per heavy atom. The highest BCUT2D eigenvalue weighted by Crippen LogP contribution is 2.29. The summed E-state index contributed by atoms with van der Waals surface area (Å²) in [4.78, 5) is 23.3. The maximum absolute atomic E-state index is 12.2. The van der Waals surface area contributed by atoms with Crippen LogP contribution in [0.3, 0.4) is 0 Å². The normalized spacial score (nSPS) is 10.3. The Bertz CT molecular complexity index is 1090. The first kappa shape index (κ1) is 23.0. The average molecular weight is 455 g/mol. The third-order valence-corrected chi connectivity index (χ3v) is 4.65. The standard InChI is InChI=1S/C24H23ClN2O5/c1-2-31-22-12-16(14-26-20-5-3-4-17(13-20)24(29)30)6-11-21(22)32-15-23(28)27-19-9-7-18(25)8-10-19/h3-13,26H,2,14-15H2,1H3,(H,27,28)(H,29,30). The minimum atomic E-state index is -0.978. The van der Waals surface area contributed by atoms with Crippen LogP contribution in [-0.4, -0.2) is 30.2 Å². The molecule has 1 amide bonds. The molecule has 0 aromatic heterocycles. The van der Waals surface area contributed by atoms with Gasteiger partial charge < -0.3 is 25.2 Å². The lowest BCUT2D eigenvalue weighted by Gasteiger charge is -2.14. The second kappa shape index (κ2) is 11.1. The molecule has 0 bridgehead atoms. The Balaban J connectivity index is 1.61. The van der Waals surface area contributed by atoms with Gasteiger partial charge in [-0.15, -0.1) is 0 Å². The zero-order valence-corrected chi connectivity index (χ0v) is 18.2. The number of carbonyl (C=O) groups is 2. The van der Waals surface area contributed by atoms with Crippen LogP contribution in [0.15, 0.2) is 66.7 Å². The highest BCUT2D eigenvalue weighted by atomic mass is 35.5. The largest absolute Gasteiger partial charge is 0.490 e. The zero-order valence-electron chi connectivity index (χ0n) is 17.4. The molecule has 0 heterocycles. The third-order valence-electron chi connectivity index (χ3n) is 4.40. The van der Waals surface area contributed by atoms with E-state index < -0.39 is 5.97 Å². The first-order chi connectivity index (χ1) is 15.4. The van der Waals surface area contributed by atoms with Crippen molar-refractivity contribution in [1.82, 2.24) is 0 Å². The van der Waals surface area contributed by atoms with Crippen LogP contribution in [0.2, 0.25) is 5.02 Å². The van der Waals surface area contributed by atoms with E-state index in [-0.39, 0.29) is 18.1 Å². The number of benzene rings is 3. The number of hydrogen-bond acceptors (Lipinski definition) is 5. The van der Waals surface area contributed by atoms with E-state index >= 15 is 0 Å². The van der Waals surface area contributed by atoms with Crippen molar-refractivity contribution in [2.75, 3.05) is 23.8 Å². The molecule has 0 atom stereocenters. The Morgan fingerprint density at radius 3 is 2.44 bits per heavy atom. The minimum Gasteiger partial charge on any atom is -0.490 e. The predicted molar refractivity (Wildman–Crippen MR) is 124 cm³/mol. The first-order valence-electron chi connectivity index (χ1n) is 9.95. The van der Waals surface area contributed by atoms with Crippen LogP contribution < -0.4 is 20.1 Å². The third kappa shape index (κ3) is 6.65. The van der Waals surface area contributed by atoms with Crippen molar-refractivity contribution >= 4 is 34.9 Å². The van der Waals surface area contributed by atoms with Gasteiger partial charge in [0.25, 0.3) is 5.91 Å². The van der Waals surface area contributed by atoms with Gasteiger partial charge in [0.2, 0.25) is 0 Å². The highest BCUT2D eigenvalue weighted by molar-refractivity contribution is 6.30. The smallest absolute Gasteiger partial charge is 0.335 e. The Labute approximate surface area is 190 Å². The molecule has 32 heavy (non-hydrogen) atoms. The maximum atomic E-state index is 12.2. The van der Waals surface area contributed by atoms with Gasteiger partial charge in [-0.3, -0.25) is 4.79 Å². The van der Waals surface area contributed by atoms with Gasteiger partial charge in [0, 0.05) is 22.9 Å². The number of hydrogen-bond donors (Lipinski definition) is 3. The number of ether oxygens (including phenoxy) is 2. The van der Waals surface area contributed by atoms with Crippen LogP contribution in [0.1, 0.15) is 22.8 Å². The van der Waals surface area contributed by atoms with Gasteiger partial charge in [0.1, 0.15) is 0 Å². The molecule has 0 aliphatic carbocycles. The van der Waals surface area contributed by atoms with Crippen molar-refractivity contribution in [2.24, 2.45) is 0 Å². The quantitative estimate of drug-likeness (QED) is 0.396. The molecule has 0 radical (unpaired) electrons. The van der Waals surface area contributed by atoms with E-state index in [1.54, 1.807) is 48.5 Å². The van der Waals surface area contributed by atoms with E-state index in [2.05, 4.69) is 10.6 Å². The Kier molecular flexibility index (Phi) is 7.94. The average Bonchev–Trinajstić information content (AvgIpc) is 2.79. The fourth-order valence-corrected chi connectivity index (χ4v) is 3.02. The van der Waals surface area contributed by atoms with Crippen LogP contribution >= 0.6 is 11.6 Å². The fraction of sp³-hybridized carbons (Fsp3) is 0.167. The van der Waals surface area contributed by atoms with Gasteiger partial charge in [-0.2, -0.15) is 0 Å². The SMILES string of the molecule is CCOc1cc(CNc2cccc(C(=O)O)c2)ccc1OCC(=O)Nc1ccc(Cl)cc1. The van der Waals surface area contributed by atoms with Crippen molar-refractivity contribution in [3.05, 3.63) is 82.9 Å². The van der Waals surface area contributed by atoms with Gasteiger partial charge in [-0.1, -0.05) is 23.7 Å². The molecule has 0 spiro atoms. The second-order valence-electron chi connectivity index (χ2n) is 6.80. The number of aromatic carboxylic acids is 1. The molecule has 8 heteroatoms. The van der Waals surface area contributed by atoms with Crippen molar-refractivity contribution < 1.29 is 24.2 Å². The molecule has 166 valence electrons. The van der Waals surface area contributed by atoms with E-state index in [1.807, 2.05) is 19.1 Å². The lowest BCUT2D eigenvalue weighted by atomic mass is 10.1. The Morgan fingerprint density at radius 2 is 1.72 bits per heavy atom. The molecule has 0 aliphatic rings. The van der Waals surface area contributed by atoms with E-state index in [9.17, 15) is 9.59 Å². The van der Waals surface area contributed by atoms with Crippen molar-refractivity contribution in [2.45, 2.75) is 13.5 Å². The lowest BCUT2D eigenvalue weighted by molar-refractivity contribution is -0.118. The van der Waals surface area contributed by atoms with Crippen LogP contribution in [-0.2, 0) is 11.3 Å². The number of rotatable bonds is 10. The van der Waals surface area contributed by atoms with E-state index in [0.717, 1.165) is 5.56 Å². The van der Waals surface area contributed by atoms with E-state index in [1.165, 1.54) is 6.07 Å². The molecular formula is C24H23ClN2O5. The van der Waals surface area contributed by atoms with Crippen LogP contribution in [0.5, 0.6) is 11.5 Å². The van der Waals surface area contributed by atoms with E-state index in [0.29, 0.717) is 41.0 Å². The van der Waals surface area contributed by atoms with E-state index in [4.69, 9.17) is 26.2 Å². The van der Waals surface area contributed by atoms with Crippen molar-refractivity contribution in [1.29, 1.82) is 0 Å². The molecule has 3 aromatic carbocycles. The summed E-state index contributed by atoms with van der Waals surface area (Å²) < 4.78 is 11.3. The zero-order chi connectivity index (χ0) is 22.9. The summed E-state index contributed by atoms with van der Waals surface area (Å²) >= 11 is 5.85. The van der Waals surface area contributed by atoms with Crippen molar-refractivity contribution in [3.63, 3.8) is 0 Å². The molecular weight excluding hydrogens is 432 g/mol. The summed E-state index contributed by atoms with van der Waals surface area (Å²) in [6.45, 7) is 2.58. The number of carbonyl (C=O) groups excluding carboxylic acids is 1. The number of nitrogens with one attached hydrogen (secondary N) is 2. The number of amides is 1. The van der Waals surface area contributed by atoms with Gasteiger partial charge in [0.05, 0.1) is 12.2 Å². The molecule has 0 fully saturated rings. The van der Waals surface area contributed by atoms with Gasteiger partial charge in [-0.25, -0.2) is 4.79 Å². The maximum Gasteiger partial charge on any atom is 0.335 e. The minimum absolute atomic E-state index is 0.178. The summed E-state index contributed by atoms with van der Waals surface area (Å²) in [5.74, 6) is -0.312. The van der Waals surface area contributed by atoms with Gasteiger partial charge in [0.15, 0.2) is 18.1 Å².